The molecule has 0 aliphatic rings. The van der Waals surface area contributed by atoms with E-state index in [0.717, 1.165) is 21.2 Å². The first kappa shape index (κ1) is 15.9. The Balaban J connectivity index is 2.12. The molecule has 0 radical (unpaired) electrons. The lowest BCUT2D eigenvalue weighted by Gasteiger charge is -2.16. The molecule has 2 rings (SSSR count). The van der Waals surface area contributed by atoms with Crippen molar-refractivity contribution >= 4 is 34.5 Å². The third kappa shape index (κ3) is 3.99. The van der Waals surface area contributed by atoms with Crippen LogP contribution in [0.4, 0.5) is 5.69 Å². The van der Waals surface area contributed by atoms with Crippen molar-refractivity contribution in [1.29, 1.82) is 0 Å². The number of aryl methyl sites for hydroxylation is 1. The molecular formula is C16H19ClN2OS. The van der Waals surface area contributed by atoms with Gasteiger partial charge >= 0.3 is 0 Å². The van der Waals surface area contributed by atoms with Gasteiger partial charge in [-0.25, -0.2) is 0 Å². The first-order valence-electron chi connectivity index (χ1n) is 6.90. The number of halogens is 1. The van der Waals surface area contributed by atoms with Crippen molar-refractivity contribution in [3.8, 4) is 0 Å². The summed E-state index contributed by atoms with van der Waals surface area (Å²) >= 11 is 7.50. The lowest BCUT2D eigenvalue weighted by molar-refractivity contribution is 0.0956. The Bertz CT molecular complexity index is 639. The second-order valence-corrected chi connectivity index (χ2v) is 6.48. The minimum Gasteiger partial charge on any atom is -0.378 e. The first-order valence-corrected chi connectivity index (χ1v) is 8.16. The molecule has 0 bridgehead atoms. The molecule has 1 atom stereocenters. The molecule has 0 saturated heterocycles. The molecule has 1 heterocycles. The molecular weight excluding hydrogens is 304 g/mol. The van der Waals surface area contributed by atoms with E-state index < -0.39 is 0 Å². The first-order chi connectivity index (χ1) is 10.0. The Hall–Kier alpha value is -1.52. The van der Waals surface area contributed by atoms with E-state index >= 15 is 0 Å². The summed E-state index contributed by atoms with van der Waals surface area (Å²) in [6.07, 6.45) is 0. The van der Waals surface area contributed by atoms with E-state index in [1.807, 2.05) is 38.1 Å². The van der Waals surface area contributed by atoms with E-state index in [0.29, 0.717) is 12.1 Å². The summed E-state index contributed by atoms with van der Waals surface area (Å²) in [5.74, 6) is -0.0372. The van der Waals surface area contributed by atoms with Crippen LogP contribution in [-0.2, 0) is 0 Å². The third-order valence-corrected chi connectivity index (χ3v) is 4.40. The van der Waals surface area contributed by atoms with E-state index in [4.69, 9.17) is 11.6 Å². The summed E-state index contributed by atoms with van der Waals surface area (Å²) in [4.78, 5) is 11.8. The molecule has 0 aliphatic carbocycles. The number of benzene rings is 1. The van der Waals surface area contributed by atoms with Gasteiger partial charge in [0.2, 0.25) is 0 Å². The standard InChI is InChI=1S/C16H19ClN2OS/c1-4-18-16(20)12-5-6-14(10(2)7-12)19-11(3)13-8-15(17)21-9-13/h5-9,11,19H,4H2,1-3H3,(H,18,20). The lowest BCUT2D eigenvalue weighted by Crippen LogP contribution is -2.22. The molecule has 2 N–H and O–H groups in total. The predicted octanol–water partition coefficient (Wildman–Crippen LogP) is 4.63. The minimum absolute atomic E-state index is 0.0372. The van der Waals surface area contributed by atoms with Gasteiger partial charge in [-0.2, -0.15) is 0 Å². The molecule has 1 unspecified atom stereocenters. The number of carbonyl (C=O) groups excluding carboxylic acids is 1. The molecule has 5 heteroatoms. The normalized spacial score (nSPS) is 12.0. The van der Waals surface area contributed by atoms with E-state index in [9.17, 15) is 4.79 Å². The number of anilines is 1. The average molecular weight is 323 g/mol. The summed E-state index contributed by atoms with van der Waals surface area (Å²) < 4.78 is 0.793. The van der Waals surface area contributed by atoms with Crippen LogP contribution in [0.5, 0.6) is 0 Å². The van der Waals surface area contributed by atoms with Crippen LogP contribution in [0, 0.1) is 6.92 Å². The zero-order valence-corrected chi connectivity index (χ0v) is 13.9. The largest absolute Gasteiger partial charge is 0.378 e. The summed E-state index contributed by atoms with van der Waals surface area (Å²) in [5.41, 5.74) is 3.92. The SMILES string of the molecule is CCNC(=O)c1ccc(NC(C)c2csc(Cl)c2)c(C)c1. The van der Waals surface area contributed by atoms with Crippen molar-refractivity contribution in [3.63, 3.8) is 0 Å². The molecule has 112 valence electrons. The maximum atomic E-state index is 11.8. The van der Waals surface area contributed by atoms with Crippen LogP contribution in [0.15, 0.2) is 29.6 Å². The Morgan fingerprint density at radius 2 is 2.14 bits per heavy atom. The maximum absolute atomic E-state index is 11.8. The molecule has 21 heavy (non-hydrogen) atoms. The summed E-state index contributed by atoms with van der Waals surface area (Å²) in [6, 6.07) is 7.84. The molecule has 1 amide bonds. The van der Waals surface area contributed by atoms with E-state index in [1.165, 1.54) is 11.3 Å². The van der Waals surface area contributed by atoms with E-state index in [-0.39, 0.29) is 11.9 Å². The molecule has 2 aromatic rings. The zero-order valence-electron chi connectivity index (χ0n) is 12.4. The van der Waals surface area contributed by atoms with E-state index in [2.05, 4.69) is 22.9 Å². The molecule has 0 fully saturated rings. The average Bonchev–Trinajstić information content (AvgIpc) is 2.88. The Labute approximate surface area is 134 Å². The van der Waals surface area contributed by atoms with Gasteiger partial charge in [-0.05, 0) is 61.5 Å². The van der Waals surface area contributed by atoms with Gasteiger partial charge in [0.15, 0.2) is 0 Å². The molecule has 0 aliphatic heterocycles. The highest BCUT2D eigenvalue weighted by Crippen LogP contribution is 2.28. The smallest absolute Gasteiger partial charge is 0.251 e. The Morgan fingerprint density at radius 1 is 1.38 bits per heavy atom. The van der Waals surface area contributed by atoms with Gasteiger partial charge in [0, 0.05) is 23.8 Å². The van der Waals surface area contributed by atoms with Crippen LogP contribution < -0.4 is 10.6 Å². The zero-order chi connectivity index (χ0) is 15.4. The van der Waals surface area contributed by atoms with Crippen molar-refractivity contribution in [2.75, 3.05) is 11.9 Å². The van der Waals surface area contributed by atoms with E-state index in [1.54, 1.807) is 0 Å². The topological polar surface area (TPSA) is 41.1 Å². The number of amides is 1. The van der Waals surface area contributed by atoms with Crippen LogP contribution in [0.25, 0.3) is 0 Å². The van der Waals surface area contributed by atoms with Crippen molar-refractivity contribution in [1.82, 2.24) is 5.32 Å². The van der Waals surface area contributed by atoms with Crippen LogP contribution >= 0.6 is 22.9 Å². The molecule has 0 spiro atoms. The summed E-state index contributed by atoms with van der Waals surface area (Å²) in [6.45, 7) is 6.63. The number of rotatable bonds is 5. The highest BCUT2D eigenvalue weighted by molar-refractivity contribution is 7.14. The molecule has 1 aromatic carbocycles. The number of carbonyl (C=O) groups is 1. The number of thiophene rings is 1. The monoisotopic (exact) mass is 322 g/mol. The second kappa shape index (κ2) is 6.96. The minimum atomic E-state index is -0.0372. The van der Waals surface area contributed by atoms with Gasteiger partial charge < -0.3 is 10.6 Å². The van der Waals surface area contributed by atoms with Crippen molar-refractivity contribution in [2.24, 2.45) is 0 Å². The van der Waals surface area contributed by atoms with Gasteiger partial charge in [0.1, 0.15) is 0 Å². The van der Waals surface area contributed by atoms with Crippen molar-refractivity contribution in [2.45, 2.75) is 26.8 Å². The van der Waals surface area contributed by atoms with Gasteiger partial charge in [-0.3, -0.25) is 4.79 Å². The number of hydrogen-bond donors (Lipinski definition) is 2. The van der Waals surface area contributed by atoms with Crippen LogP contribution in [0.2, 0.25) is 4.34 Å². The Kier molecular flexibility index (Phi) is 5.26. The second-order valence-electron chi connectivity index (χ2n) is 4.94. The molecule has 3 nitrogen and oxygen atoms in total. The highest BCUT2D eigenvalue weighted by atomic mass is 35.5. The highest BCUT2D eigenvalue weighted by Gasteiger charge is 2.11. The fourth-order valence-electron chi connectivity index (χ4n) is 2.10. The fraction of sp³-hybridized carbons (Fsp3) is 0.312. The molecule has 0 saturated carbocycles. The van der Waals surface area contributed by atoms with Crippen LogP contribution in [0.1, 0.15) is 41.4 Å². The van der Waals surface area contributed by atoms with Crippen LogP contribution in [-0.4, -0.2) is 12.5 Å². The van der Waals surface area contributed by atoms with Crippen molar-refractivity contribution in [3.05, 3.63) is 50.7 Å². The molecule has 1 aromatic heterocycles. The quantitative estimate of drug-likeness (QED) is 0.842. The van der Waals surface area contributed by atoms with Gasteiger partial charge in [0.05, 0.1) is 4.34 Å². The number of hydrogen-bond acceptors (Lipinski definition) is 3. The lowest BCUT2D eigenvalue weighted by atomic mass is 10.1. The van der Waals surface area contributed by atoms with Crippen molar-refractivity contribution < 1.29 is 4.79 Å². The number of nitrogens with one attached hydrogen (secondary N) is 2. The van der Waals surface area contributed by atoms with Crippen LogP contribution in [0.3, 0.4) is 0 Å². The third-order valence-electron chi connectivity index (χ3n) is 3.29. The van der Waals surface area contributed by atoms with Gasteiger partial charge in [0.25, 0.3) is 5.91 Å². The Morgan fingerprint density at radius 3 is 2.71 bits per heavy atom. The van der Waals surface area contributed by atoms with Gasteiger partial charge in [-0.1, -0.05) is 11.6 Å². The fourth-order valence-corrected chi connectivity index (χ4v) is 3.08. The summed E-state index contributed by atoms with van der Waals surface area (Å²) in [7, 11) is 0. The maximum Gasteiger partial charge on any atom is 0.251 e. The predicted molar refractivity (Wildman–Crippen MR) is 90.6 cm³/mol. The summed E-state index contributed by atoms with van der Waals surface area (Å²) in [5, 5.41) is 8.31. The van der Waals surface area contributed by atoms with Gasteiger partial charge in [-0.15, -0.1) is 11.3 Å².